The number of benzene rings is 1. The molecule has 0 saturated heterocycles. The van der Waals surface area contributed by atoms with E-state index in [1.165, 1.54) is 0 Å². The summed E-state index contributed by atoms with van der Waals surface area (Å²) in [7, 11) is 0. The summed E-state index contributed by atoms with van der Waals surface area (Å²) in [5, 5.41) is 0.953. The van der Waals surface area contributed by atoms with Crippen molar-refractivity contribution in [2.75, 3.05) is 0 Å². The molecule has 0 amide bonds. The van der Waals surface area contributed by atoms with E-state index in [1.807, 2.05) is 38.1 Å². The van der Waals surface area contributed by atoms with Gasteiger partial charge in [0.1, 0.15) is 5.03 Å². The Labute approximate surface area is 111 Å². The Hall–Kier alpha value is -1.61. The van der Waals surface area contributed by atoms with Gasteiger partial charge in [0.25, 0.3) is 0 Å². The fourth-order valence-corrected chi connectivity index (χ4v) is 2.47. The van der Waals surface area contributed by atoms with Gasteiger partial charge in [-0.2, -0.15) is 0 Å². The number of pyridine rings is 1. The number of Topliss-reactive ketones (excluding diaryl/α,β-unsaturated/α-hetero) is 1. The number of ketones is 1. The van der Waals surface area contributed by atoms with Crippen molar-refractivity contribution in [2.45, 2.75) is 30.2 Å². The van der Waals surface area contributed by atoms with Crippen LogP contribution in [0.5, 0.6) is 0 Å². The van der Waals surface area contributed by atoms with Crippen molar-refractivity contribution in [2.24, 2.45) is 0 Å². The van der Waals surface area contributed by atoms with Crippen molar-refractivity contribution in [1.82, 2.24) is 4.98 Å². The fraction of sp³-hybridized carbons (Fsp3) is 0.200. The van der Waals surface area contributed by atoms with Gasteiger partial charge in [-0.1, -0.05) is 36.9 Å². The number of hydrogen-bond donors (Lipinski definition) is 0. The van der Waals surface area contributed by atoms with Crippen molar-refractivity contribution in [1.29, 1.82) is 0 Å². The van der Waals surface area contributed by atoms with Gasteiger partial charge in [-0.15, -0.1) is 0 Å². The molecule has 0 fully saturated rings. The molecule has 0 N–H and O–H groups in total. The van der Waals surface area contributed by atoms with Gasteiger partial charge >= 0.3 is 0 Å². The highest BCUT2D eigenvalue weighted by Gasteiger charge is 2.08. The Balaban J connectivity index is 2.23. The maximum Gasteiger partial charge on any atom is 0.164 e. The van der Waals surface area contributed by atoms with Gasteiger partial charge in [-0.25, -0.2) is 4.98 Å². The van der Waals surface area contributed by atoms with Crippen LogP contribution in [0.3, 0.4) is 0 Å². The quantitative estimate of drug-likeness (QED) is 0.771. The monoisotopic (exact) mass is 257 g/mol. The number of rotatable bonds is 4. The lowest BCUT2D eigenvalue weighted by molar-refractivity contribution is 0.0987. The zero-order chi connectivity index (χ0) is 13.0. The van der Waals surface area contributed by atoms with Crippen LogP contribution in [-0.2, 0) is 0 Å². The van der Waals surface area contributed by atoms with E-state index < -0.39 is 0 Å². The fourth-order valence-electron chi connectivity index (χ4n) is 1.63. The molecular formula is C15H15NOS. The molecule has 2 nitrogen and oxygen atoms in total. The Morgan fingerprint density at radius 2 is 2.00 bits per heavy atom. The van der Waals surface area contributed by atoms with Gasteiger partial charge in [0, 0.05) is 23.1 Å². The molecule has 18 heavy (non-hydrogen) atoms. The first kappa shape index (κ1) is 12.8. The topological polar surface area (TPSA) is 30.0 Å². The summed E-state index contributed by atoms with van der Waals surface area (Å²) in [6.45, 7) is 3.86. The van der Waals surface area contributed by atoms with Gasteiger partial charge in [-0.05, 0) is 30.7 Å². The van der Waals surface area contributed by atoms with Crippen LogP contribution in [0.25, 0.3) is 0 Å². The molecule has 0 aliphatic rings. The van der Waals surface area contributed by atoms with E-state index in [2.05, 4.69) is 17.1 Å². The van der Waals surface area contributed by atoms with Crippen LogP contribution in [0.1, 0.15) is 29.3 Å². The van der Waals surface area contributed by atoms with Gasteiger partial charge in [-0.3, -0.25) is 4.79 Å². The summed E-state index contributed by atoms with van der Waals surface area (Å²) >= 11 is 1.62. The lowest BCUT2D eigenvalue weighted by Crippen LogP contribution is -1.99. The zero-order valence-electron chi connectivity index (χ0n) is 10.5. The molecule has 92 valence electrons. The van der Waals surface area contributed by atoms with Crippen LogP contribution in [0.2, 0.25) is 0 Å². The zero-order valence-corrected chi connectivity index (χ0v) is 11.3. The largest absolute Gasteiger partial charge is 0.294 e. The number of nitrogens with zero attached hydrogens (tertiary/aromatic N) is 1. The van der Waals surface area contributed by atoms with Gasteiger partial charge in [0.15, 0.2) is 5.78 Å². The number of carbonyl (C=O) groups is 1. The van der Waals surface area contributed by atoms with Crippen molar-refractivity contribution in [3.8, 4) is 0 Å². The molecule has 0 aliphatic heterocycles. The minimum Gasteiger partial charge on any atom is -0.294 e. The summed E-state index contributed by atoms with van der Waals surface area (Å²) in [5.41, 5.74) is 1.75. The molecule has 0 atom stereocenters. The second-order valence-electron chi connectivity index (χ2n) is 4.04. The van der Waals surface area contributed by atoms with Crippen LogP contribution in [0.4, 0.5) is 0 Å². The van der Waals surface area contributed by atoms with E-state index in [9.17, 15) is 4.79 Å². The first-order chi connectivity index (χ1) is 8.70. The standard InChI is InChI=1S/C15H15NOS/c1-3-14(17)12-9-11(2)15(16-10-12)18-13-7-5-4-6-8-13/h4-10H,3H2,1-2H3. The molecule has 2 rings (SSSR count). The van der Waals surface area contributed by atoms with Crippen LogP contribution in [0, 0.1) is 6.92 Å². The molecule has 3 heteroatoms. The van der Waals surface area contributed by atoms with Crippen molar-refractivity contribution in [3.05, 3.63) is 53.7 Å². The average molecular weight is 257 g/mol. The van der Waals surface area contributed by atoms with Crippen molar-refractivity contribution >= 4 is 17.5 Å². The van der Waals surface area contributed by atoms with Crippen LogP contribution >= 0.6 is 11.8 Å². The summed E-state index contributed by atoms with van der Waals surface area (Å²) in [6.07, 6.45) is 2.19. The normalized spacial score (nSPS) is 10.3. The summed E-state index contributed by atoms with van der Waals surface area (Å²) in [6, 6.07) is 12.0. The third-order valence-corrected chi connectivity index (χ3v) is 3.76. The van der Waals surface area contributed by atoms with E-state index in [1.54, 1.807) is 18.0 Å². The molecular weight excluding hydrogens is 242 g/mol. The molecule has 0 radical (unpaired) electrons. The second kappa shape index (κ2) is 5.83. The highest BCUT2D eigenvalue weighted by atomic mass is 32.2. The molecule has 0 unspecified atom stereocenters. The third-order valence-electron chi connectivity index (χ3n) is 2.63. The summed E-state index contributed by atoms with van der Waals surface area (Å²) in [4.78, 5) is 17.1. The first-order valence-electron chi connectivity index (χ1n) is 5.93. The van der Waals surface area contributed by atoms with Gasteiger partial charge < -0.3 is 0 Å². The average Bonchev–Trinajstić information content (AvgIpc) is 2.41. The molecule has 0 saturated carbocycles. The maximum atomic E-state index is 11.6. The Kier molecular flexibility index (Phi) is 4.15. The lowest BCUT2D eigenvalue weighted by atomic mass is 10.1. The number of hydrogen-bond acceptors (Lipinski definition) is 3. The second-order valence-corrected chi connectivity index (χ2v) is 5.10. The van der Waals surface area contributed by atoms with Crippen molar-refractivity contribution in [3.63, 3.8) is 0 Å². The van der Waals surface area contributed by atoms with Crippen LogP contribution < -0.4 is 0 Å². The summed E-state index contributed by atoms with van der Waals surface area (Å²) < 4.78 is 0. The van der Waals surface area contributed by atoms with E-state index >= 15 is 0 Å². The Bertz CT molecular complexity index is 552. The molecule has 1 aromatic heterocycles. The van der Waals surface area contributed by atoms with E-state index in [4.69, 9.17) is 0 Å². The van der Waals surface area contributed by atoms with E-state index in [0.29, 0.717) is 12.0 Å². The SMILES string of the molecule is CCC(=O)c1cnc(Sc2ccccc2)c(C)c1. The van der Waals surface area contributed by atoms with Crippen LogP contribution in [-0.4, -0.2) is 10.8 Å². The maximum absolute atomic E-state index is 11.6. The van der Waals surface area contributed by atoms with E-state index in [-0.39, 0.29) is 5.78 Å². The molecule has 2 aromatic rings. The number of carbonyl (C=O) groups excluding carboxylic acids is 1. The number of aromatic nitrogens is 1. The Morgan fingerprint density at radius 1 is 1.28 bits per heavy atom. The van der Waals surface area contributed by atoms with Gasteiger partial charge in [0.2, 0.25) is 0 Å². The molecule has 1 aromatic carbocycles. The smallest absolute Gasteiger partial charge is 0.164 e. The van der Waals surface area contributed by atoms with Gasteiger partial charge in [0.05, 0.1) is 0 Å². The first-order valence-corrected chi connectivity index (χ1v) is 6.75. The van der Waals surface area contributed by atoms with E-state index in [0.717, 1.165) is 15.5 Å². The molecule has 1 heterocycles. The molecule has 0 bridgehead atoms. The number of aryl methyl sites for hydroxylation is 1. The highest BCUT2D eigenvalue weighted by molar-refractivity contribution is 7.99. The minimum absolute atomic E-state index is 0.141. The van der Waals surface area contributed by atoms with Crippen molar-refractivity contribution < 1.29 is 4.79 Å². The third kappa shape index (κ3) is 2.99. The summed E-state index contributed by atoms with van der Waals surface area (Å²) in [5.74, 6) is 0.141. The molecule has 0 aliphatic carbocycles. The lowest BCUT2D eigenvalue weighted by Gasteiger charge is -2.06. The predicted molar refractivity (Wildman–Crippen MR) is 74.2 cm³/mol. The minimum atomic E-state index is 0.141. The molecule has 0 spiro atoms. The highest BCUT2D eigenvalue weighted by Crippen LogP contribution is 2.28. The predicted octanol–water partition coefficient (Wildman–Crippen LogP) is 4.13. The van der Waals surface area contributed by atoms with Crippen LogP contribution in [0.15, 0.2) is 52.5 Å². The Morgan fingerprint density at radius 3 is 2.61 bits per heavy atom.